The number of fused-ring (bicyclic) bond motifs is 2. The van der Waals surface area contributed by atoms with Crippen molar-refractivity contribution in [2.24, 2.45) is 0 Å². The van der Waals surface area contributed by atoms with Crippen LogP contribution in [0.2, 0.25) is 0 Å². The molecule has 3 aromatic rings. The van der Waals surface area contributed by atoms with Gasteiger partial charge < -0.3 is 0 Å². The van der Waals surface area contributed by atoms with Crippen molar-refractivity contribution >= 4 is 33.4 Å². The van der Waals surface area contributed by atoms with Crippen molar-refractivity contribution in [2.45, 2.75) is 0 Å². The zero-order valence-electron chi connectivity index (χ0n) is 20.8. The number of allylic oxidation sites excluding steroid dienone is 8. The minimum absolute atomic E-state index is 0.0103. The van der Waals surface area contributed by atoms with Crippen LogP contribution in [0.4, 0.5) is 17.6 Å². The molecule has 0 heterocycles. The Morgan fingerprint density at radius 2 is 0.810 bits per heavy atom. The zero-order valence-corrected chi connectivity index (χ0v) is 20.8. The Morgan fingerprint density at radius 1 is 0.452 bits per heavy atom. The van der Waals surface area contributed by atoms with Crippen LogP contribution >= 0.6 is 0 Å². The fraction of sp³-hybridized carbons (Fsp3) is 0. The van der Waals surface area contributed by atoms with Crippen molar-refractivity contribution in [1.82, 2.24) is 0 Å². The second kappa shape index (κ2) is 10.1. The first kappa shape index (κ1) is 26.9. The summed E-state index contributed by atoms with van der Waals surface area (Å²) in [6, 6.07) is 19.3. The average Bonchev–Trinajstić information content (AvgIpc) is 3.48. The summed E-state index contributed by atoms with van der Waals surface area (Å²) in [5.41, 5.74) is -0.989. The maximum absolute atomic E-state index is 14.3. The first-order valence-electron chi connectivity index (χ1n) is 11.7. The number of nitrogens with zero attached hydrogens (tertiary/aromatic N) is 6. The molecule has 6 nitrogen and oxygen atoms in total. The topological polar surface area (TPSA) is 143 Å². The predicted molar refractivity (Wildman–Crippen MR) is 140 cm³/mol. The van der Waals surface area contributed by atoms with Gasteiger partial charge in [-0.15, -0.1) is 0 Å². The lowest BCUT2D eigenvalue weighted by molar-refractivity contribution is 0.508. The van der Waals surface area contributed by atoms with Crippen LogP contribution < -0.4 is 0 Å². The number of benzene rings is 3. The molecule has 0 spiro atoms. The number of rotatable bonds is 2. The van der Waals surface area contributed by atoms with Gasteiger partial charge in [0.25, 0.3) is 0 Å². The highest BCUT2D eigenvalue weighted by Gasteiger charge is 2.37. The normalized spacial score (nSPS) is 12.8. The van der Waals surface area contributed by atoms with Crippen LogP contribution in [0.15, 0.2) is 59.7 Å². The molecule has 0 N–H and O–H groups in total. The zero-order chi connectivity index (χ0) is 30.3. The van der Waals surface area contributed by atoms with Gasteiger partial charge in [0, 0.05) is 33.4 Å². The van der Waals surface area contributed by atoms with Gasteiger partial charge in [0.1, 0.15) is 47.6 Å². The van der Waals surface area contributed by atoms with Crippen LogP contribution in [-0.2, 0) is 0 Å². The molecule has 0 radical (unpaired) electrons. The number of hydrogen-bond donors (Lipinski definition) is 0. The Kier molecular flexibility index (Phi) is 6.47. The molecule has 42 heavy (non-hydrogen) atoms. The molecule has 2 aliphatic carbocycles. The van der Waals surface area contributed by atoms with Crippen LogP contribution in [0.5, 0.6) is 0 Å². The standard InChI is InChI=1S/C32H8F4N6/c33-25-3-1-15(5-27(25)35)29-23(13-41)19-7-20-22(8-21(19)31(29)17(9-37)10-38)32(18(11-39)12-40)30(24(20)14-42)16-2-4-26(34)28(36)6-16/h1-8H. The fourth-order valence-electron chi connectivity index (χ4n) is 5.12. The third-order valence-electron chi connectivity index (χ3n) is 6.82. The summed E-state index contributed by atoms with van der Waals surface area (Å²) in [5, 5.41) is 59.5. The summed E-state index contributed by atoms with van der Waals surface area (Å²) in [6.07, 6.45) is 0. The molecular formula is C32H8F4N6. The van der Waals surface area contributed by atoms with Crippen LogP contribution in [0.1, 0.15) is 33.4 Å². The van der Waals surface area contributed by atoms with Gasteiger partial charge in [-0.05, 0) is 58.7 Å². The molecule has 0 saturated carbocycles. The molecule has 0 aliphatic heterocycles. The van der Waals surface area contributed by atoms with Gasteiger partial charge in [0.05, 0.1) is 11.1 Å². The first-order valence-corrected chi connectivity index (χ1v) is 11.7. The first-order chi connectivity index (χ1) is 20.2. The van der Waals surface area contributed by atoms with Crippen LogP contribution in [0, 0.1) is 91.3 Å². The van der Waals surface area contributed by atoms with E-state index >= 15 is 0 Å². The second-order valence-corrected chi connectivity index (χ2v) is 8.87. The largest absolute Gasteiger partial charge is 0.204 e. The van der Waals surface area contributed by atoms with Crippen molar-refractivity contribution in [3.05, 3.63) is 116 Å². The molecule has 5 rings (SSSR count). The molecule has 2 aliphatic rings. The van der Waals surface area contributed by atoms with Gasteiger partial charge in [-0.25, -0.2) is 17.6 Å². The number of halogens is 4. The monoisotopic (exact) mass is 552 g/mol. The van der Waals surface area contributed by atoms with Gasteiger partial charge in [0.15, 0.2) is 23.3 Å². The average molecular weight is 552 g/mol. The molecule has 0 unspecified atom stereocenters. The van der Waals surface area contributed by atoms with E-state index in [1.807, 2.05) is 12.1 Å². The summed E-state index contributed by atoms with van der Waals surface area (Å²) in [5.74, 6) is -4.81. The number of nitriles is 6. The van der Waals surface area contributed by atoms with Crippen molar-refractivity contribution in [3.8, 4) is 36.4 Å². The summed E-state index contributed by atoms with van der Waals surface area (Å²) in [4.78, 5) is 0. The van der Waals surface area contributed by atoms with Crippen molar-refractivity contribution in [2.75, 3.05) is 0 Å². The summed E-state index contributed by atoms with van der Waals surface area (Å²) >= 11 is 0. The molecule has 0 amide bonds. The SMILES string of the molecule is N#CC(C#N)=C1C(c2ccc(F)c(F)c2)=C(C#N)c2cc3c(cc21)C(=C(C#N)C#N)C(c1ccc(F)c(F)c1)=C3C#N. The third kappa shape index (κ3) is 3.82. The van der Waals surface area contributed by atoms with Crippen LogP contribution in [-0.4, -0.2) is 0 Å². The minimum atomic E-state index is -1.24. The predicted octanol–water partition coefficient (Wildman–Crippen LogP) is 6.74. The summed E-state index contributed by atoms with van der Waals surface area (Å²) in [6.45, 7) is 0. The Balaban J connectivity index is 1.94. The Morgan fingerprint density at radius 3 is 1.12 bits per heavy atom. The highest BCUT2D eigenvalue weighted by Crippen LogP contribution is 2.54. The quantitative estimate of drug-likeness (QED) is 0.254. The van der Waals surface area contributed by atoms with E-state index in [2.05, 4.69) is 0 Å². The summed E-state index contributed by atoms with van der Waals surface area (Å²) < 4.78 is 56.0. The Hall–Kier alpha value is -6.72. The van der Waals surface area contributed by atoms with Crippen LogP contribution in [0.3, 0.4) is 0 Å². The van der Waals surface area contributed by atoms with E-state index in [1.54, 1.807) is 24.3 Å². The lowest BCUT2D eigenvalue weighted by Gasteiger charge is -2.12. The van der Waals surface area contributed by atoms with Crippen LogP contribution in [0.25, 0.3) is 33.4 Å². The lowest BCUT2D eigenvalue weighted by Crippen LogP contribution is -1.96. The van der Waals surface area contributed by atoms with Gasteiger partial charge in [-0.2, -0.15) is 31.6 Å². The highest BCUT2D eigenvalue weighted by atomic mass is 19.2. The van der Waals surface area contributed by atoms with Gasteiger partial charge >= 0.3 is 0 Å². The summed E-state index contributed by atoms with van der Waals surface area (Å²) in [7, 11) is 0. The maximum Gasteiger partial charge on any atom is 0.159 e. The van der Waals surface area contributed by atoms with E-state index in [0.29, 0.717) is 0 Å². The lowest BCUT2D eigenvalue weighted by atomic mass is 9.89. The molecule has 3 aromatic carbocycles. The third-order valence-corrected chi connectivity index (χ3v) is 6.82. The Bertz CT molecular complexity index is 2010. The highest BCUT2D eigenvalue weighted by molar-refractivity contribution is 6.29. The molecule has 0 atom stereocenters. The number of hydrogen-bond acceptors (Lipinski definition) is 6. The van der Waals surface area contributed by atoms with E-state index in [1.165, 1.54) is 24.3 Å². The van der Waals surface area contributed by atoms with Crippen molar-refractivity contribution in [1.29, 1.82) is 31.6 Å². The van der Waals surface area contributed by atoms with E-state index < -0.39 is 34.4 Å². The van der Waals surface area contributed by atoms with E-state index in [0.717, 1.165) is 24.3 Å². The smallest absolute Gasteiger partial charge is 0.159 e. The van der Waals surface area contributed by atoms with E-state index in [4.69, 9.17) is 0 Å². The van der Waals surface area contributed by atoms with Gasteiger partial charge in [-0.3, -0.25) is 0 Å². The van der Waals surface area contributed by atoms with Crippen molar-refractivity contribution in [3.63, 3.8) is 0 Å². The molecule has 0 fully saturated rings. The molecule has 10 heteroatoms. The molecule has 0 bridgehead atoms. The van der Waals surface area contributed by atoms with Crippen molar-refractivity contribution < 1.29 is 17.6 Å². The second-order valence-electron chi connectivity index (χ2n) is 8.87. The van der Waals surface area contributed by atoms with Gasteiger partial charge in [-0.1, -0.05) is 12.1 Å². The maximum atomic E-state index is 14.3. The Labute approximate surface area is 235 Å². The molecule has 0 aromatic heterocycles. The fourth-order valence-corrected chi connectivity index (χ4v) is 5.12. The molecular weight excluding hydrogens is 544 g/mol. The van der Waals surface area contributed by atoms with E-state index in [-0.39, 0.29) is 66.8 Å². The molecule has 194 valence electrons. The molecule has 0 saturated heterocycles. The van der Waals surface area contributed by atoms with Gasteiger partial charge in [0.2, 0.25) is 0 Å². The minimum Gasteiger partial charge on any atom is -0.204 e. The van der Waals surface area contributed by atoms with E-state index in [9.17, 15) is 49.1 Å².